The van der Waals surface area contributed by atoms with Crippen LogP contribution < -0.4 is 9.47 Å². The molecule has 1 unspecified atom stereocenters. The first-order valence-corrected chi connectivity index (χ1v) is 5.73. The first-order valence-electron chi connectivity index (χ1n) is 5.73. The van der Waals surface area contributed by atoms with Crippen LogP contribution >= 0.6 is 0 Å². The van der Waals surface area contributed by atoms with E-state index >= 15 is 0 Å². The second kappa shape index (κ2) is 5.86. The highest BCUT2D eigenvalue weighted by Gasteiger charge is 2.12. The largest absolute Gasteiger partial charge is 0.479 e. The third-order valence-corrected chi connectivity index (χ3v) is 2.33. The zero-order chi connectivity index (χ0) is 13.7. The highest BCUT2D eigenvalue weighted by molar-refractivity contribution is 5.72. The third kappa shape index (κ3) is 3.70. The van der Waals surface area contributed by atoms with Crippen LogP contribution in [-0.2, 0) is 4.79 Å². The number of benzene rings is 1. The normalized spacial score (nSPS) is 11.6. The molecular weight excluding hydrogens is 246 g/mol. The summed E-state index contributed by atoms with van der Waals surface area (Å²) in [5.41, 5.74) is 0. The first kappa shape index (κ1) is 12.9. The lowest BCUT2D eigenvalue weighted by Crippen LogP contribution is -2.22. The smallest absolute Gasteiger partial charge is 0.344 e. The molecule has 0 spiro atoms. The Labute approximate surface area is 110 Å². The maximum Gasteiger partial charge on any atom is 0.344 e. The maximum absolute atomic E-state index is 10.7. The number of nitrogens with zero attached hydrogens (tertiary/aromatic N) is 1. The van der Waals surface area contributed by atoms with Gasteiger partial charge in [0.15, 0.2) is 6.10 Å². The van der Waals surface area contributed by atoms with Gasteiger partial charge in [-0.15, -0.1) is 0 Å². The quantitative estimate of drug-likeness (QED) is 0.894. The Kier molecular flexibility index (Phi) is 3.97. The first-order chi connectivity index (χ1) is 9.15. The Morgan fingerprint density at radius 3 is 2.68 bits per heavy atom. The van der Waals surface area contributed by atoms with Crippen molar-refractivity contribution in [3.8, 4) is 17.4 Å². The second-order valence-corrected chi connectivity index (χ2v) is 3.84. The van der Waals surface area contributed by atoms with Crippen molar-refractivity contribution in [3.05, 3.63) is 48.7 Å². The number of pyridine rings is 1. The molecule has 0 saturated carbocycles. The summed E-state index contributed by atoms with van der Waals surface area (Å²) in [4.78, 5) is 14.7. The maximum atomic E-state index is 10.7. The number of aliphatic carboxylic acids is 1. The number of hydrogen-bond donors (Lipinski definition) is 1. The fraction of sp³-hybridized carbons (Fsp3) is 0.143. The molecule has 5 nitrogen and oxygen atoms in total. The number of rotatable bonds is 5. The van der Waals surface area contributed by atoms with E-state index in [0.29, 0.717) is 17.4 Å². The zero-order valence-corrected chi connectivity index (χ0v) is 10.3. The lowest BCUT2D eigenvalue weighted by molar-refractivity contribution is -0.144. The SMILES string of the molecule is CC(Oc1cccc(Oc2ccccn2)c1)C(=O)O. The van der Waals surface area contributed by atoms with Crippen LogP contribution in [0.15, 0.2) is 48.7 Å². The van der Waals surface area contributed by atoms with E-state index < -0.39 is 12.1 Å². The van der Waals surface area contributed by atoms with Gasteiger partial charge in [0.05, 0.1) is 0 Å². The molecule has 1 aromatic heterocycles. The molecule has 0 bridgehead atoms. The van der Waals surface area contributed by atoms with Crippen LogP contribution in [0.1, 0.15) is 6.92 Å². The number of carboxylic acids is 1. The van der Waals surface area contributed by atoms with Crippen molar-refractivity contribution in [1.29, 1.82) is 0 Å². The molecule has 1 aromatic carbocycles. The molecule has 2 aromatic rings. The van der Waals surface area contributed by atoms with Gasteiger partial charge in [0, 0.05) is 18.3 Å². The van der Waals surface area contributed by atoms with Crippen LogP contribution in [-0.4, -0.2) is 22.2 Å². The molecular formula is C14H13NO4. The molecule has 98 valence electrons. The van der Waals surface area contributed by atoms with Crippen molar-refractivity contribution in [3.63, 3.8) is 0 Å². The van der Waals surface area contributed by atoms with E-state index in [1.54, 1.807) is 42.6 Å². The van der Waals surface area contributed by atoms with Gasteiger partial charge in [-0.3, -0.25) is 0 Å². The second-order valence-electron chi connectivity index (χ2n) is 3.84. The van der Waals surface area contributed by atoms with Gasteiger partial charge in [-0.2, -0.15) is 0 Å². The third-order valence-electron chi connectivity index (χ3n) is 2.33. The highest BCUT2D eigenvalue weighted by Crippen LogP contribution is 2.24. The summed E-state index contributed by atoms with van der Waals surface area (Å²) in [6.07, 6.45) is 0.715. The van der Waals surface area contributed by atoms with Gasteiger partial charge >= 0.3 is 5.97 Å². The molecule has 1 atom stereocenters. The van der Waals surface area contributed by atoms with Crippen LogP contribution in [0, 0.1) is 0 Å². The van der Waals surface area contributed by atoms with Crippen molar-refractivity contribution in [1.82, 2.24) is 4.98 Å². The number of hydrogen-bond acceptors (Lipinski definition) is 4. The summed E-state index contributed by atoms with van der Waals surface area (Å²) in [6.45, 7) is 1.47. The standard InChI is InChI=1S/C14H13NO4/c1-10(14(16)17)18-11-5-4-6-12(9-11)19-13-7-2-3-8-15-13/h2-10H,1H3,(H,16,17). The van der Waals surface area contributed by atoms with Gasteiger partial charge in [0.2, 0.25) is 5.88 Å². The summed E-state index contributed by atoms with van der Waals surface area (Å²) in [7, 11) is 0. The predicted molar refractivity (Wildman–Crippen MR) is 68.5 cm³/mol. The van der Waals surface area contributed by atoms with E-state index in [9.17, 15) is 4.79 Å². The van der Waals surface area contributed by atoms with Gasteiger partial charge in [0.1, 0.15) is 11.5 Å². The molecule has 1 N–H and O–H groups in total. The van der Waals surface area contributed by atoms with Crippen molar-refractivity contribution >= 4 is 5.97 Å². The zero-order valence-electron chi connectivity index (χ0n) is 10.3. The molecule has 0 fully saturated rings. The summed E-state index contributed by atoms with van der Waals surface area (Å²) < 4.78 is 10.8. The molecule has 0 amide bonds. The lowest BCUT2D eigenvalue weighted by Gasteiger charge is -2.11. The molecule has 19 heavy (non-hydrogen) atoms. The molecule has 5 heteroatoms. The van der Waals surface area contributed by atoms with Gasteiger partial charge in [0.25, 0.3) is 0 Å². The average molecular weight is 259 g/mol. The molecule has 2 rings (SSSR count). The lowest BCUT2D eigenvalue weighted by atomic mass is 10.3. The Morgan fingerprint density at radius 1 is 1.21 bits per heavy atom. The van der Waals surface area contributed by atoms with Crippen molar-refractivity contribution < 1.29 is 19.4 Å². The van der Waals surface area contributed by atoms with Crippen molar-refractivity contribution in [2.24, 2.45) is 0 Å². The molecule has 0 radical (unpaired) electrons. The minimum atomic E-state index is -1.02. The number of ether oxygens (including phenoxy) is 2. The number of aromatic nitrogens is 1. The van der Waals surface area contributed by atoms with E-state index in [1.165, 1.54) is 6.92 Å². The van der Waals surface area contributed by atoms with E-state index in [1.807, 2.05) is 6.07 Å². The van der Waals surface area contributed by atoms with Crippen LogP contribution in [0.2, 0.25) is 0 Å². The van der Waals surface area contributed by atoms with Gasteiger partial charge in [-0.25, -0.2) is 9.78 Å². The average Bonchev–Trinajstić information content (AvgIpc) is 2.40. The van der Waals surface area contributed by atoms with Crippen molar-refractivity contribution in [2.75, 3.05) is 0 Å². The summed E-state index contributed by atoms with van der Waals surface area (Å²) in [5.74, 6) is 0.416. The summed E-state index contributed by atoms with van der Waals surface area (Å²) in [5, 5.41) is 8.78. The fourth-order valence-corrected chi connectivity index (χ4v) is 1.39. The van der Waals surface area contributed by atoms with Crippen LogP contribution in [0.25, 0.3) is 0 Å². The summed E-state index contributed by atoms with van der Waals surface area (Å²) >= 11 is 0. The van der Waals surface area contributed by atoms with Crippen LogP contribution in [0.4, 0.5) is 0 Å². The molecule has 0 saturated heterocycles. The minimum Gasteiger partial charge on any atom is -0.479 e. The van der Waals surface area contributed by atoms with E-state index in [0.717, 1.165) is 0 Å². The molecule has 0 aliphatic heterocycles. The van der Waals surface area contributed by atoms with Crippen molar-refractivity contribution in [2.45, 2.75) is 13.0 Å². The fourth-order valence-electron chi connectivity index (χ4n) is 1.39. The Bertz CT molecular complexity index is 556. The topological polar surface area (TPSA) is 68.7 Å². The molecule has 1 heterocycles. The Morgan fingerprint density at radius 2 is 2.00 bits per heavy atom. The van der Waals surface area contributed by atoms with Crippen LogP contribution in [0.3, 0.4) is 0 Å². The minimum absolute atomic E-state index is 0.434. The molecule has 0 aliphatic rings. The van der Waals surface area contributed by atoms with Gasteiger partial charge < -0.3 is 14.6 Å². The van der Waals surface area contributed by atoms with E-state index in [-0.39, 0.29) is 0 Å². The number of carbonyl (C=O) groups is 1. The highest BCUT2D eigenvalue weighted by atomic mass is 16.5. The molecule has 0 aliphatic carbocycles. The van der Waals surface area contributed by atoms with Gasteiger partial charge in [-0.05, 0) is 25.1 Å². The van der Waals surface area contributed by atoms with Gasteiger partial charge in [-0.1, -0.05) is 12.1 Å². The van der Waals surface area contributed by atoms with Crippen LogP contribution in [0.5, 0.6) is 17.4 Å². The monoisotopic (exact) mass is 259 g/mol. The Balaban J connectivity index is 2.09. The van der Waals surface area contributed by atoms with E-state index in [4.69, 9.17) is 14.6 Å². The summed E-state index contributed by atoms with van der Waals surface area (Å²) in [6, 6.07) is 12.1. The number of carboxylic acid groups (broad SMARTS) is 1. The Hall–Kier alpha value is -2.56. The van der Waals surface area contributed by atoms with E-state index in [2.05, 4.69) is 4.98 Å². The predicted octanol–water partition coefficient (Wildman–Crippen LogP) is 2.73.